The Morgan fingerprint density at radius 3 is 2.55 bits per heavy atom. The number of benzene rings is 2. The minimum absolute atomic E-state index is 0.487. The molecular formula is C17H17ClN3O+. The molecule has 2 aromatic carbocycles. The zero-order valence-electron chi connectivity index (χ0n) is 12.3. The Morgan fingerprint density at radius 2 is 1.82 bits per heavy atom. The fraction of sp³-hybridized carbons (Fsp3) is 0.176. The molecule has 0 radical (unpaired) electrons. The highest BCUT2D eigenvalue weighted by atomic mass is 35.5. The van der Waals surface area contributed by atoms with Gasteiger partial charge in [-0.2, -0.15) is 0 Å². The van der Waals surface area contributed by atoms with Crippen LogP contribution in [0.3, 0.4) is 0 Å². The zero-order chi connectivity index (χ0) is 15.4. The Bertz CT molecular complexity index is 738. The molecule has 22 heavy (non-hydrogen) atoms. The summed E-state index contributed by atoms with van der Waals surface area (Å²) in [5.41, 5.74) is 2.17. The smallest absolute Gasteiger partial charge is 0.204 e. The van der Waals surface area contributed by atoms with E-state index >= 15 is 0 Å². The Labute approximate surface area is 134 Å². The number of nitrogens with zero attached hydrogens (tertiary/aromatic N) is 3. The van der Waals surface area contributed by atoms with Gasteiger partial charge in [0.1, 0.15) is 19.3 Å². The first-order valence-electron chi connectivity index (χ1n) is 7.05. The predicted octanol–water partition coefficient (Wildman–Crippen LogP) is 2.99. The lowest BCUT2D eigenvalue weighted by molar-refractivity contribution is -0.747. The maximum atomic E-state index is 5.90. The van der Waals surface area contributed by atoms with E-state index in [9.17, 15) is 0 Å². The van der Waals surface area contributed by atoms with Crippen LogP contribution in [0.5, 0.6) is 5.75 Å². The van der Waals surface area contributed by atoms with E-state index in [2.05, 4.69) is 5.21 Å². The molecule has 0 fully saturated rings. The molecule has 4 nitrogen and oxygen atoms in total. The lowest BCUT2D eigenvalue weighted by Crippen LogP contribution is -2.36. The van der Waals surface area contributed by atoms with Crippen LogP contribution in [-0.4, -0.2) is 9.90 Å². The molecule has 0 aliphatic rings. The second-order valence-electron chi connectivity index (χ2n) is 5.06. The van der Waals surface area contributed by atoms with Crippen molar-refractivity contribution < 1.29 is 9.42 Å². The number of aryl methyl sites for hydroxylation is 1. The van der Waals surface area contributed by atoms with Crippen molar-refractivity contribution in [1.29, 1.82) is 0 Å². The van der Waals surface area contributed by atoms with Crippen molar-refractivity contribution in [3.63, 3.8) is 0 Å². The van der Waals surface area contributed by atoms with Crippen molar-refractivity contribution >= 4 is 11.6 Å². The number of halogens is 1. The third kappa shape index (κ3) is 3.65. The third-order valence-electron chi connectivity index (χ3n) is 3.35. The average molecular weight is 315 g/mol. The molecular weight excluding hydrogens is 298 g/mol. The molecule has 0 unspecified atom stereocenters. The minimum atomic E-state index is 0.487. The van der Waals surface area contributed by atoms with Gasteiger partial charge >= 0.3 is 0 Å². The molecule has 1 aromatic heterocycles. The maximum absolute atomic E-state index is 5.90. The molecule has 112 valence electrons. The van der Waals surface area contributed by atoms with Gasteiger partial charge in [0.05, 0.1) is 5.21 Å². The number of rotatable bonds is 5. The molecule has 0 saturated heterocycles. The number of para-hydroxylation sites is 1. The maximum Gasteiger partial charge on any atom is 0.204 e. The monoisotopic (exact) mass is 314 g/mol. The van der Waals surface area contributed by atoms with E-state index < -0.39 is 0 Å². The highest BCUT2D eigenvalue weighted by molar-refractivity contribution is 6.30. The molecule has 5 heteroatoms. The van der Waals surface area contributed by atoms with E-state index in [0.29, 0.717) is 13.2 Å². The van der Waals surface area contributed by atoms with Gasteiger partial charge in [-0.15, -0.1) is 9.36 Å². The van der Waals surface area contributed by atoms with Gasteiger partial charge in [0.25, 0.3) is 0 Å². The largest absolute Gasteiger partial charge is 0.485 e. The summed E-state index contributed by atoms with van der Waals surface area (Å²) in [6, 6.07) is 17.6. The standard InChI is InChI=1S/C17H17ClN3O/c1-20-16(13-22-17-5-3-2-4-6-17)12-21(19-20)11-14-7-9-15(18)10-8-14/h2-10,12H,11,13H2,1H3/q+1. The van der Waals surface area contributed by atoms with Gasteiger partial charge in [-0.3, -0.25) is 0 Å². The van der Waals surface area contributed by atoms with Crippen LogP contribution in [0.4, 0.5) is 0 Å². The second-order valence-corrected chi connectivity index (χ2v) is 5.50. The number of hydrogen-bond donors (Lipinski definition) is 0. The first kappa shape index (κ1) is 14.6. The molecule has 1 heterocycles. The van der Waals surface area contributed by atoms with Crippen LogP contribution in [0.1, 0.15) is 11.3 Å². The summed E-state index contributed by atoms with van der Waals surface area (Å²) in [5.74, 6) is 0.855. The molecule has 3 rings (SSSR count). The summed E-state index contributed by atoms with van der Waals surface area (Å²) in [5, 5.41) is 5.20. The van der Waals surface area contributed by atoms with Crippen molar-refractivity contribution in [1.82, 2.24) is 9.90 Å². The van der Waals surface area contributed by atoms with Crippen LogP contribution in [0.15, 0.2) is 60.8 Å². The van der Waals surface area contributed by atoms with Gasteiger partial charge in [-0.25, -0.2) is 0 Å². The Morgan fingerprint density at radius 1 is 1.09 bits per heavy atom. The fourth-order valence-electron chi connectivity index (χ4n) is 2.17. The van der Waals surface area contributed by atoms with Crippen molar-refractivity contribution in [2.75, 3.05) is 0 Å². The van der Waals surface area contributed by atoms with Crippen LogP contribution in [-0.2, 0) is 20.2 Å². The summed E-state index contributed by atoms with van der Waals surface area (Å²) in [6.07, 6.45) is 2.00. The number of ether oxygens (including phenoxy) is 1. The molecule has 0 atom stereocenters. The van der Waals surface area contributed by atoms with E-state index in [0.717, 1.165) is 22.0 Å². The molecule has 3 aromatic rings. The zero-order valence-corrected chi connectivity index (χ0v) is 13.1. The molecule has 0 N–H and O–H groups in total. The van der Waals surface area contributed by atoms with Crippen LogP contribution in [0, 0.1) is 0 Å². The molecule has 0 aliphatic carbocycles. The van der Waals surface area contributed by atoms with Gasteiger partial charge in [0, 0.05) is 5.02 Å². The number of aromatic nitrogens is 3. The van der Waals surface area contributed by atoms with E-state index in [1.165, 1.54) is 0 Å². The Hall–Kier alpha value is -2.33. The van der Waals surface area contributed by atoms with Crippen LogP contribution in [0.25, 0.3) is 0 Å². The highest BCUT2D eigenvalue weighted by Gasteiger charge is 2.13. The van der Waals surface area contributed by atoms with Gasteiger partial charge in [0.15, 0.2) is 12.8 Å². The number of hydrogen-bond acceptors (Lipinski definition) is 2. The first-order chi connectivity index (χ1) is 10.7. The average Bonchev–Trinajstić information content (AvgIpc) is 2.88. The van der Waals surface area contributed by atoms with Gasteiger partial charge in [0.2, 0.25) is 5.69 Å². The fourth-order valence-corrected chi connectivity index (χ4v) is 2.30. The van der Waals surface area contributed by atoms with Crippen LogP contribution < -0.4 is 9.42 Å². The van der Waals surface area contributed by atoms with Crippen molar-refractivity contribution in [3.05, 3.63) is 77.1 Å². The van der Waals surface area contributed by atoms with Gasteiger partial charge in [-0.1, -0.05) is 41.9 Å². The first-order valence-corrected chi connectivity index (χ1v) is 7.43. The van der Waals surface area contributed by atoms with E-state index in [1.807, 2.05) is 77.2 Å². The molecule has 0 bridgehead atoms. The summed E-state index contributed by atoms with van der Waals surface area (Å²) in [7, 11) is 1.92. The van der Waals surface area contributed by atoms with Crippen LogP contribution >= 0.6 is 11.6 Å². The third-order valence-corrected chi connectivity index (χ3v) is 3.60. The summed E-state index contributed by atoms with van der Waals surface area (Å²) in [6.45, 7) is 1.19. The second kappa shape index (κ2) is 6.62. The quantitative estimate of drug-likeness (QED) is 0.678. The van der Waals surface area contributed by atoms with Crippen molar-refractivity contribution in [2.45, 2.75) is 13.2 Å². The van der Waals surface area contributed by atoms with E-state index in [4.69, 9.17) is 16.3 Å². The normalized spacial score (nSPS) is 10.6. The molecule has 0 amide bonds. The Balaban J connectivity index is 1.67. The summed E-state index contributed by atoms with van der Waals surface area (Å²) >= 11 is 5.90. The molecule has 0 aliphatic heterocycles. The Kier molecular flexibility index (Phi) is 4.39. The topological polar surface area (TPSA) is 30.9 Å². The molecule has 0 spiro atoms. The van der Waals surface area contributed by atoms with Gasteiger partial charge < -0.3 is 4.74 Å². The lowest BCUT2D eigenvalue weighted by atomic mass is 10.2. The minimum Gasteiger partial charge on any atom is -0.485 e. The van der Waals surface area contributed by atoms with Crippen LogP contribution in [0.2, 0.25) is 5.02 Å². The lowest BCUT2D eigenvalue weighted by Gasteiger charge is -2.01. The van der Waals surface area contributed by atoms with Crippen molar-refractivity contribution in [2.24, 2.45) is 7.05 Å². The summed E-state index contributed by atoms with van der Waals surface area (Å²) in [4.78, 5) is 0. The van der Waals surface area contributed by atoms with Gasteiger partial charge in [-0.05, 0) is 29.8 Å². The van der Waals surface area contributed by atoms with Crippen molar-refractivity contribution in [3.8, 4) is 5.75 Å². The predicted molar refractivity (Wildman–Crippen MR) is 84.7 cm³/mol. The molecule has 0 saturated carbocycles. The van der Waals surface area contributed by atoms with E-state index in [-0.39, 0.29) is 0 Å². The highest BCUT2D eigenvalue weighted by Crippen LogP contribution is 2.11. The summed E-state index contributed by atoms with van der Waals surface area (Å²) < 4.78 is 9.49. The van der Waals surface area contributed by atoms with E-state index in [1.54, 1.807) is 0 Å². The SMILES string of the molecule is Cn1n[n+](Cc2ccc(Cl)cc2)cc1COc1ccccc1.